The van der Waals surface area contributed by atoms with Gasteiger partial charge in [0.2, 0.25) is 0 Å². The van der Waals surface area contributed by atoms with E-state index in [1.54, 1.807) is 13.3 Å². The Labute approximate surface area is 179 Å². The van der Waals surface area contributed by atoms with Gasteiger partial charge < -0.3 is 5.11 Å². The predicted molar refractivity (Wildman–Crippen MR) is 126 cm³/mol. The van der Waals surface area contributed by atoms with Crippen LogP contribution in [0.25, 0.3) is 0 Å². The Morgan fingerprint density at radius 2 is 0.889 bits per heavy atom. The summed E-state index contributed by atoms with van der Waals surface area (Å²) >= 11 is -0.967. The van der Waals surface area contributed by atoms with Gasteiger partial charge in [0.1, 0.15) is 0 Å². The van der Waals surface area contributed by atoms with Crippen LogP contribution in [0.5, 0.6) is 0 Å². The van der Waals surface area contributed by atoms with Crippen LogP contribution in [0.3, 0.4) is 0 Å². The molecule has 0 bridgehead atoms. The maximum absolute atomic E-state index is 10.2. The van der Waals surface area contributed by atoms with Crippen LogP contribution in [0.15, 0.2) is 0 Å². The van der Waals surface area contributed by atoms with Gasteiger partial charge in [-0.25, -0.2) is 0 Å². The number of aliphatic carboxylic acids is 1. The Kier molecular flexibility index (Phi) is 28.7. The summed E-state index contributed by atoms with van der Waals surface area (Å²) in [7, 11) is 0. The number of carboxylic acids is 1. The molecule has 0 atom stereocenters. The maximum atomic E-state index is 10.2. The Morgan fingerprint density at radius 3 is 1.22 bits per heavy atom. The third kappa shape index (κ3) is 28.6. The van der Waals surface area contributed by atoms with Crippen molar-refractivity contribution < 1.29 is 9.90 Å². The predicted octanol–water partition coefficient (Wildman–Crippen LogP) is 8.61. The number of unbranched alkanes of at least 4 members (excludes halogenated alkanes) is 11. The number of carbonyl (C=O) groups is 1. The average molecular weight is 491 g/mol. The number of carboxylic acid groups (broad SMARTS) is 1. The Hall–Kier alpha value is 0.269. The molecule has 0 spiro atoms. The minimum atomic E-state index is -0.967. The van der Waals surface area contributed by atoms with Gasteiger partial charge in [0.15, 0.2) is 0 Å². The first-order valence-electron chi connectivity index (χ1n) is 12.3. The molecule has 0 aliphatic rings. The van der Waals surface area contributed by atoms with Crippen molar-refractivity contribution in [3.63, 3.8) is 0 Å². The van der Waals surface area contributed by atoms with Crippen molar-refractivity contribution in [1.82, 2.24) is 0 Å². The number of rotatable bonds is 19. The van der Waals surface area contributed by atoms with Crippen molar-refractivity contribution in [2.75, 3.05) is 0 Å². The third-order valence-electron chi connectivity index (χ3n) is 5.39. The van der Waals surface area contributed by atoms with E-state index in [2.05, 4.69) is 27.7 Å². The van der Waals surface area contributed by atoms with Crippen molar-refractivity contribution in [3.05, 3.63) is 0 Å². The summed E-state index contributed by atoms with van der Waals surface area (Å²) < 4.78 is 5.08. The first-order valence-corrected chi connectivity index (χ1v) is 19.3. The van der Waals surface area contributed by atoms with Gasteiger partial charge in [-0.05, 0) is 6.42 Å². The molecule has 0 aliphatic heterocycles. The van der Waals surface area contributed by atoms with Crippen LogP contribution >= 0.6 is 0 Å². The molecule has 0 saturated carbocycles. The molecule has 0 unspecified atom stereocenters. The molecule has 27 heavy (non-hydrogen) atoms. The summed E-state index contributed by atoms with van der Waals surface area (Å²) in [6.45, 7) is 9.24. The SMILES string of the molecule is CCCCCCCCCCCC(=O)O.CCC[CH2][SnH]([CH2]CCC)[CH2]CCC. The zero-order chi connectivity index (χ0) is 20.6. The number of hydrogen-bond donors (Lipinski definition) is 1. The molecule has 164 valence electrons. The van der Waals surface area contributed by atoms with Crippen molar-refractivity contribution in [1.29, 1.82) is 0 Å². The molecule has 0 aliphatic carbocycles. The zero-order valence-electron chi connectivity index (χ0n) is 19.4. The van der Waals surface area contributed by atoms with Gasteiger partial charge in [0.25, 0.3) is 0 Å². The summed E-state index contributed by atoms with van der Waals surface area (Å²) in [5.41, 5.74) is 0. The number of hydrogen-bond acceptors (Lipinski definition) is 1. The summed E-state index contributed by atoms with van der Waals surface area (Å²) in [5.74, 6) is -0.659. The molecule has 0 saturated heterocycles. The van der Waals surface area contributed by atoms with Crippen molar-refractivity contribution in [2.24, 2.45) is 0 Å². The van der Waals surface area contributed by atoms with Gasteiger partial charge in [-0.2, -0.15) is 0 Å². The van der Waals surface area contributed by atoms with Gasteiger partial charge in [0, 0.05) is 6.42 Å². The third-order valence-corrected chi connectivity index (χ3v) is 15.9. The van der Waals surface area contributed by atoms with Gasteiger partial charge in [0.05, 0.1) is 0 Å². The molecule has 0 amide bonds. The second kappa shape index (κ2) is 26.3. The van der Waals surface area contributed by atoms with E-state index in [-0.39, 0.29) is 0 Å². The van der Waals surface area contributed by atoms with Crippen LogP contribution in [0.2, 0.25) is 13.3 Å². The van der Waals surface area contributed by atoms with Crippen LogP contribution in [0.4, 0.5) is 0 Å². The first kappa shape index (κ1) is 29.5. The average Bonchev–Trinajstić information content (AvgIpc) is 2.66. The Bertz CT molecular complexity index is 263. The van der Waals surface area contributed by atoms with E-state index < -0.39 is 25.7 Å². The first-order chi connectivity index (χ1) is 13.1. The normalized spacial score (nSPS) is 10.7. The zero-order valence-corrected chi connectivity index (χ0v) is 22.7. The molecule has 0 aromatic heterocycles. The summed E-state index contributed by atoms with van der Waals surface area (Å²) in [6.07, 6.45) is 20.4. The molecule has 0 fully saturated rings. The van der Waals surface area contributed by atoms with Crippen LogP contribution in [-0.2, 0) is 4.79 Å². The Balaban J connectivity index is 0. The fourth-order valence-corrected chi connectivity index (χ4v) is 14.4. The van der Waals surface area contributed by atoms with Crippen LogP contribution in [0.1, 0.15) is 130 Å². The van der Waals surface area contributed by atoms with Gasteiger partial charge >= 0.3 is 98.3 Å². The summed E-state index contributed by atoms with van der Waals surface area (Å²) in [6, 6.07) is 0. The van der Waals surface area contributed by atoms with Crippen LogP contribution < -0.4 is 0 Å². The van der Waals surface area contributed by atoms with Crippen molar-refractivity contribution >= 4 is 25.7 Å². The van der Waals surface area contributed by atoms with E-state index in [1.165, 1.54) is 83.5 Å². The molecule has 2 nitrogen and oxygen atoms in total. The van der Waals surface area contributed by atoms with Crippen molar-refractivity contribution in [3.8, 4) is 0 Å². The fourth-order valence-electron chi connectivity index (χ4n) is 3.50. The van der Waals surface area contributed by atoms with Gasteiger partial charge in [-0.15, -0.1) is 0 Å². The Morgan fingerprint density at radius 1 is 0.556 bits per heavy atom. The monoisotopic (exact) mass is 492 g/mol. The van der Waals surface area contributed by atoms with Gasteiger partial charge in [-0.1, -0.05) is 58.3 Å². The second-order valence-corrected chi connectivity index (χ2v) is 18.2. The minimum absolute atomic E-state index is 0.343. The molecule has 0 heterocycles. The fraction of sp³-hybridized carbons (Fsp3) is 0.958. The van der Waals surface area contributed by atoms with Gasteiger partial charge in [-0.3, -0.25) is 4.79 Å². The summed E-state index contributed by atoms with van der Waals surface area (Å²) in [5, 5.41) is 8.41. The van der Waals surface area contributed by atoms with E-state index in [1.807, 2.05) is 0 Å². The molecule has 0 rings (SSSR count). The molecule has 3 heteroatoms. The van der Waals surface area contributed by atoms with E-state index in [0.717, 1.165) is 12.8 Å². The molecular formula is C24H52O2Sn. The van der Waals surface area contributed by atoms with E-state index in [9.17, 15) is 4.79 Å². The van der Waals surface area contributed by atoms with Crippen molar-refractivity contribution in [2.45, 2.75) is 144 Å². The van der Waals surface area contributed by atoms with Crippen LogP contribution in [-0.4, -0.2) is 30.8 Å². The summed E-state index contributed by atoms with van der Waals surface area (Å²) in [4.78, 5) is 10.2. The topological polar surface area (TPSA) is 37.3 Å². The second-order valence-electron chi connectivity index (χ2n) is 8.26. The van der Waals surface area contributed by atoms with E-state index in [0.29, 0.717) is 6.42 Å². The molecular weight excluding hydrogens is 439 g/mol. The molecule has 0 aromatic rings. The standard InChI is InChI=1S/C12H24O2.3C4H9.Sn.H/c1-2-3-4-5-6-7-8-9-10-11-12(13)14;3*1-3-4-2;;/h2-11H2,1H3,(H,13,14);3*1,3-4H2,2H3;;. The van der Waals surface area contributed by atoms with Crippen LogP contribution in [0, 0.1) is 0 Å². The molecule has 0 aromatic carbocycles. The molecule has 1 N–H and O–H groups in total. The molecule has 0 radical (unpaired) electrons. The van der Waals surface area contributed by atoms with E-state index >= 15 is 0 Å². The quantitative estimate of drug-likeness (QED) is 0.145. The van der Waals surface area contributed by atoms with E-state index in [4.69, 9.17) is 5.11 Å².